The van der Waals surface area contributed by atoms with Crippen molar-refractivity contribution in [3.63, 3.8) is 0 Å². The molecule has 0 radical (unpaired) electrons. The number of benzene rings is 7. The summed E-state index contributed by atoms with van der Waals surface area (Å²) < 4.78 is 5.98. The second-order valence-corrected chi connectivity index (χ2v) is 16.0. The van der Waals surface area contributed by atoms with Crippen molar-refractivity contribution in [3.05, 3.63) is 197 Å². The summed E-state index contributed by atoms with van der Waals surface area (Å²) in [5, 5.41) is 0. The number of nitrogens with zero attached hydrogens (tertiary/aromatic N) is 5. The molecule has 0 spiro atoms. The number of anilines is 3. The van der Waals surface area contributed by atoms with Crippen LogP contribution in [0.25, 0.3) is 55.9 Å². The van der Waals surface area contributed by atoms with Crippen LogP contribution in [0.4, 0.5) is 17.3 Å². The minimum absolute atomic E-state index is 0.196. The highest BCUT2D eigenvalue weighted by molar-refractivity contribution is 5.99. The lowest BCUT2D eigenvalue weighted by Gasteiger charge is -2.33. The summed E-state index contributed by atoms with van der Waals surface area (Å²) in [5.74, 6) is 1.98. The van der Waals surface area contributed by atoms with Gasteiger partial charge in [0.2, 0.25) is 5.95 Å². The molecule has 0 saturated heterocycles. The van der Waals surface area contributed by atoms with Crippen LogP contribution in [0.5, 0.6) is 0 Å². The zero-order chi connectivity index (χ0) is 39.0. The first-order valence-corrected chi connectivity index (χ1v) is 19.9. The lowest BCUT2D eigenvalue weighted by Crippen LogP contribution is -2.22. The molecule has 0 atom stereocenters. The molecule has 58 heavy (non-hydrogen) atoms. The molecule has 2 aliphatic rings. The first kappa shape index (κ1) is 34.1. The topological polar surface area (TPSA) is 67.9 Å². The predicted octanol–water partition coefficient (Wildman–Crippen LogP) is 12.6. The number of hydrogen-bond acceptors (Lipinski definition) is 6. The summed E-state index contributed by atoms with van der Waals surface area (Å²) >= 11 is 0. The van der Waals surface area contributed by atoms with Crippen LogP contribution >= 0.6 is 0 Å². The third kappa shape index (κ3) is 5.55. The Morgan fingerprint density at radius 1 is 0.603 bits per heavy atom. The van der Waals surface area contributed by atoms with Crippen LogP contribution in [0.1, 0.15) is 53.1 Å². The van der Waals surface area contributed by atoms with Gasteiger partial charge in [0.05, 0.1) is 11.4 Å². The van der Waals surface area contributed by atoms with E-state index in [4.69, 9.17) is 19.4 Å². The molecule has 278 valence electrons. The van der Waals surface area contributed by atoms with E-state index in [0.717, 1.165) is 51.4 Å². The second-order valence-electron chi connectivity index (χ2n) is 16.0. The quantitative estimate of drug-likeness (QED) is 0.169. The van der Waals surface area contributed by atoms with Crippen LogP contribution in [0.2, 0.25) is 0 Å². The number of aryl methyl sites for hydroxylation is 1. The number of oxazole rings is 1. The van der Waals surface area contributed by atoms with E-state index in [-0.39, 0.29) is 5.41 Å². The Morgan fingerprint density at radius 2 is 1.28 bits per heavy atom. The predicted molar refractivity (Wildman–Crippen MR) is 233 cm³/mol. The van der Waals surface area contributed by atoms with Gasteiger partial charge >= 0.3 is 0 Å². The van der Waals surface area contributed by atoms with Crippen molar-refractivity contribution in [2.45, 2.75) is 39.0 Å². The Hall–Kier alpha value is -7.18. The van der Waals surface area contributed by atoms with Gasteiger partial charge in [-0.15, -0.1) is 0 Å². The smallest absolute Gasteiger partial charge is 0.238 e. The molecule has 6 heteroatoms. The molecule has 9 aromatic rings. The largest absolute Gasteiger partial charge is 0.443 e. The highest BCUT2D eigenvalue weighted by Gasteiger charge is 2.38. The lowest BCUT2D eigenvalue weighted by molar-refractivity contribution is 0.601. The van der Waals surface area contributed by atoms with E-state index in [0.29, 0.717) is 18.2 Å². The maximum absolute atomic E-state index is 5.98. The SMILES string of the molecule is Cc1cc2c(cc1-c1ccc3c(c1)Cc1cc(-c4ccccc4)ccc1N3c1nc(Cc3ccccc3)nc(-c3ccccc3)n1)C(C)(C)c1ccc3ncoc3c1-2. The van der Waals surface area contributed by atoms with Crippen LogP contribution in [0.3, 0.4) is 0 Å². The van der Waals surface area contributed by atoms with E-state index in [9.17, 15) is 0 Å². The van der Waals surface area contributed by atoms with Gasteiger partial charge in [-0.2, -0.15) is 9.97 Å². The Labute approximate surface area is 337 Å². The van der Waals surface area contributed by atoms with Crippen LogP contribution in [0.15, 0.2) is 162 Å². The molecule has 0 N–H and O–H groups in total. The molecular weight excluding hydrogens is 711 g/mol. The van der Waals surface area contributed by atoms with Crippen molar-refractivity contribution in [1.29, 1.82) is 0 Å². The zero-order valence-electron chi connectivity index (χ0n) is 32.6. The Balaban J connectivity index is 1.08. The van der Waals surface area contributed by atoms with E-state index in [1.54, 1.807) is 6.39 Å². The van der Waals surface area contributed by atoms with E-state index < -0.39 is 0 Å². The maximum atomic E-state index is 5.98. The molecule has 0 saturated carbocycles. The van der Waals surface area contributed by atoms with Gasteiger partial charge in [0.15, 0.2) is 17.8 Å². The fourth-order valence-electron chi connectivity index (χ4n) is 9.10. The highest BCUT2D eigenvalue weighted by Crippen LogP contribution is 2.53. The Morgan fingerprint density at radius 3 is 2.02 bits per heavy atom. The van der Waals surface area contributed by atoms with Crippen molar-refractivity contribution in [2.75, 3.05) is 4.90 Å². The summed E-state index contributed by atoms with van der Waals surface area (Å²) in [6.07, 6.45) is 2.92. The average Bonchev–Trinajstić information content (AvgIpc) is 3.83. The van der Waals surface area contributed by atoms with Crippen molar-refractivity contribution >= 4 is 28.4 Å². The second kappa shape index (κ2) is 13.2. The van der Waals surface area contributed by atoms with Crippen LogP contribution < -0.4 is 4.90 Å². The number of hydrogen-bond donors (Lipinski definition) is 0. The van der Waals surface area contributed by atoms with Crippen molar-refractivity contribution in [1.82, 2.24) is 19.9 Å². The third-order valence-electron chi connectivity index (χ3n) is 12.0. The first-order chi connectivity index (χ1) is 28.4. The van der Waals surface area contributed by atoms with Crippen molar-refractivity contribution in [3.8, 4) is 44.8 Å². The van der Waals surface area contributed by atoms with E-state index in [1.165, 1.54) is 55.6 Å². The van der Waals surface area contributed by atoms with Gasteiger partial charge in [0.25, 0.3) is 0 Å². The first-order valence-electron chi connectivity index (χ1n) is 19.9. The molecule has 0 amide bonds. The lowest BCUT2D eigenvalue weighted by atomic mass is 9.80. The summed E-state index contributed by atoms with van der Waals surface area (Å²) in [7, 11) is 0. The fraction of sp³-hybridized carbons (Fsp3) is 0.115. The van der Waals surface area contributed by atoms with Gasteiger partial charge in [-0.05, 0) is 105 Å². The van der Waals surface area contributed by atoms with Crippen molar-refractivity contribution in [2.24, 2.45) is 0 Å². The zero-order valence-corrected chi connectivity index (χ0v) is 32.6. The highest BCUT2D eigenvalue weighted by atomic mass is 16.3. The fourth-order valence-corrected chi connectivity index (χ4v) is 9.10. The molecule has 0 fully saturated rings. The molecule has 1 aliphatic carbocycles. The molecule has 0 unspecified atom stereocenters. The van der Waals surface area contributed by atoms with Gasteiger partial charge in [-0.1, -0.05) is 129 Å². The molecule has 11 rings (SSSR count). The van der Waals surface area contributed by atoms with Gasteiger partial charge in [-0.3, -0.25) is 4.90 Å². The van der Waals surface area contributed by atoms with E-state index in [2.05, 4.69) is 158 Å². The minimum atomic E-state index is -0.196. The van der Waals surface area contributed by atoms with Crippen LogP contribution in [-0.4, -0.2) is 19.9 Å². The molecule has 6 nitrogen and oxygen atoms in total. The summed E-state index contributed by atoms with van der Waals surface area (Å²) in [5.41, 5.74) is 19.2. The summed E-state index contributed by atoms with van der Waals surface area (Å²) in [4.78, 5) is 22.2. The molecule has 0 bridgehead atoms. The minimum Gasteiger partial charge on any atom is -0.443 e. The van der Waals surface area contributed by atoms with Crippen LogP contribution in [0, 0.1) is 6.92 Å². The molecule has 7 aromatic carbocycles. The van der Waals surface area contributed by atoms with E-state index >= 15 is 0 Å². The summed E-state index contributed by atoms with van der Waals surface area (Å²) in [6, 6.07) is 54.0. The number of aromatic nitrogens is 4. The van der Waals surface area contributed by atoms with Gasteiger partial charge in [0.1, 0.15) is 11.3 Å². The number of rotatable bonds is 6. The average molecular weight is 750 g/mol. The molecular formula is C52H39N5O. The normalized spacial score (nSPS) is 13.5. The molecule has 2 aromatic heterocycles. The molecule has 3 heterocycles. The van der Waals surface area contributed by atoms with Crippen LogP contribution in [-0.2, 0) is 18.3 Å². The van der Waals surface area contributed by atoms with Gasteiger partial charge in [-0.25, -0.2) is 9.97 Å². The third-order valence-corrected chi connectivity index (χ3v) is 12.0. The Bertz CT molecular complexity index is 3040. The number of fused-ring (bicyclic) bond motifs is 7. The van der Waals surface area contributed by atoms with Gasteiger partial charge in [0, 0.05) is 29.4 Å². The molecule has 1 aliphatic heterocycles. The summed E-state index contributed by atoms with van der Waals surface area (Å²) in [6.45, 7) is 6.85. The monoisotopic (exact) mass is 749 g/mol. The van der Waals surface area contributed by atoms with Crippen molar-refractivity contribution < 1.29 is 4.42 Å². The van der Waals surface area contributed by atoms with Gasteiger partial charge < -0.3 is 4.42 Å². The van der Waals surface area contributed by atoms with E-state index in [1.807, 2.05) is 24.3 Å². The maximum Gasteiger partial charge on any atom is 0.238 e. The standard InChI is InChI=1S/C52H39N5O/c1-32-25-41-43(52(2,3)42-21-22-44-49(48(41)42)58-31-53-44)30-40(32)37-20-24-46-39(28-37)29-38-27-36(34-15-9-5-10-16-34)19-23-45(38)57(46)51-55-47(26-33-13-7-4-8-14-33)54-50(56-51)35-17-11-6-12-18-35/h4-25,27-28,30-31H,26,29H2,1-3H3. The Kier molecular flexibility index (Phi) is 7.76.